The van der Waals surface area contributed by atoms with Gasteiger partial charge < -0.3 is 10.5 Å². The molecule has 2 N–H and O–H groups in total. The lowest BCUT2D eigenvalue weighted by atomic mass is 10.1. The zero-order valence-electron chi connectivity index (χ0n) is 9.99. The second kappa shape index (κ2) is 6.23. The predicted molar refractivity (Wildman–Crippen MR) is 76.4 cm³/mol. The summed E-state index contributed by atoms with van der Waals surface area (Å²) in [6, 6.07) is 6.47. The van der Waals surface area contributed by atoms with Gasteiger partial charge in [0.15, 0.2) is 0 Å². The first-order chi connectivity index (χ1) is 8.16. The van der Waals surface area contributed by atoms with E-state index in [0.29, 0.717) is 5.25 Å². The van der Waals surface area contributed by atoms with Gasteiger partial charge in [-0.1, -0.05) is 15.9 Å². The molecule has 1 aliphatic rings. The summed E-state index contributed by atoms with van der Waals surface area (Å²) in [6.45, 7) is 3.82. The van der Waals surface area contributed by atoms with Crippen LogP contribution in [0.25, 0.3) is 0 Å². The normalized spacial score (nSPS) is 19.2. The van der Waals surface area contributed by atoms with Crippen molar-refractivity contribution in [3.05, 3.63) is 28.2 Å². The van der Waals surface area contributed by atoms with Gasteiger partial charge in [0.1, 0.15) is 0 Å². The van der Waals surface area contributed by atoms with Crippen molar-refractivity contribution in [1.82, 2.24) is 0 Å². The Labute approximate surface area is 115 Å². The number of hydrogen-bond donors (Lipinski definition) is 1. The molecule has 2 nitrogen and oxygen atoms in total. The number of benzene rings is 1. The van der Waals surface area contributed by atoms with Crippen LogP contribution < -0.4 is 5.73 Å². The fraction of sp³-hybridized carbons (Fsp3) is 0.538. The molecule has 1 atom stereocenters. The molecule has 0 aliphatic carbocycles. The van der Waals surface area contributed by atoms with Crippen LogP contribution in [0.5, 0.6) is 0 Å². The third kappa shape index (κ3) is 3.71. The number of nitrogens with two attached hydrogens (primary N) is 1. The molecule has 4 heteroatoms. The lowest BCUT2D eigenvalue weighted by Gasteiger charge is -2.23. The van der Waals surface area contributed by atoms with E-state index in [-0.39, 0.29) is 6.04 Å². The molecular formula is C13H18BrNOS. The number of ether oxygens (including phenoxy) is 1. The Kier molecular flexibility index (Phi) is 4.91. The summed E-state index contributed by atoms with van der Waals surface area (Å²) in [4.78, 5) is 1.31. The van der Waals surface area contributed by atoms with E-state index < -0.39 is 0 Å². The van der Waals surface area contributed by atoms with Gasteiger partial charge >= 0.3 is 0 Å². The molecule has 1 saturated heterocycles. The summed E-state index contributed by atoms with van der Waals surface area (Å²) in [5.74, 6) is 0. The number of halogens is 1. The summed E-state index contributed by atoms with van der Waals surface area (Å²) in [7, 11) is 0. The fourth-order valence-electron chi connectivity index (χ4n) is 1.96. The van der Waals surface area contributed by atoms with Gasteiger partial charge in [-0.3, -0.25) is 0 Å². The van der Waals surface area contributed by atoms with Crippen molar-refractivity contribution < 1.29 is 4.74 Å². The molecular weight excluding hydrogens is 298 g/mol. The average Bonchev–Trinajstić information content (AvgIpc) is 2.32. The van der Waals surface area contributed by atoms with Crippen LogP contribution in [0, 0.1) is 0 Å². The van der Waals surface area contributed by atoms with Crippen LogP contribution in [0.1, 0.15) is 31.4 Å². The third-order valence-corrected chi connectivity index (χ3v) is 4.85. The van der Waals surface area contributed by atoms with E-state index in [1.807, 2.05) is 18.7 Å². The molecule has 0 bridgehead atoms. The second-order valence-corrected chi connectivity index (χ2v) is 6.66. The summed E-state index contributed by atoms with van der Waals surface area (Å²) >= 11 is 5.45. The van der Waals surface area contributed by atoms with E-state index in [2.05, 4.69) is 34.1 Å². The van der Waals surface area contributed by atoms with E-state index in [1.165, 1.54) is 10.5 Å². The van der Waals surface area contributed by atoms with Gasteiger partial charge in [0.05, 0.1) is 0 Å². The van der Waals surface area contributed by atoms with Crippen molar-refractivity contribution in [3.8, 4) is 0 Å². The Morgan fingerprint density at radius 1 is 1.41 bits per heavy atom. The minimum absolute atomic E-state index is 0.0786. The maximum absolute atomic E-state index is 6.03. The smallest absolute Gasteiger partial charge is 0.0476 e. The van der Waals surface area contributed by atoms with Crippen molar-refractivity contribution >= 4 is 27.7 Å². The zero-order chi connectivity index (χ0) is 12.3. The van der Waals surface area contributed by atoms with E-state index >= 15 is 0 Å². The molecule has 1 fully saturated rings. The Morgan fingerprint density at radius 3 is 2.76 bits per heavy atom. The summed E-state index contributed by atoms with van der Waals surface area (Å²) < 4.78 is 6.49. The Morgan fingerprint density at radius 2 is 2.12 bits per heavy atom. The van der Waals surface area contributed by atoms with E-state index in [0.717, 1.165) is 30.5 Å². The van der Waals surface area contributed by atoms with Gasteiger partial charge in [-0.15, -0.1) is 11.8 Å². The Balaban J connectivity index is 2.13. The number of thioether (sulfide) groups is 1. The quantitative estimate of drug-likeness (QED) is 0.922. The average molecular weight is 316 g/mol. The van der Waals surface area contributed by atoms with Crippen molar-refractivity contribution in [1.29, 1.82) is 0 Å². The first-order valence-corrected chi connectivity index (χ1v) is 7.63. The molecule has 94 valence electrons. The molecule has 0 amide bonds. The Bertz CT molecular complexity index is 378. The van der Waals surface area contributed by atoms with Crippen LogP contribution in [0.3, 0.4) is 0 Å². The minimum Gasteiger partial charge on any atom is -0.381 e. The molecule has 1 aromatic rings. The van der Waals surface area contributed by atoms with Crippen LogP contribution in [-0.4, -0.2) is 18.5 Å². The molecule has 0 radical (unpaired) electrons. The monoisotopic (exact) mass is 315 g/mol. The molecule has 1 unspecified atom stereocenters. The highest BCUT2D eigenvalue weighted by Gasteiger charge is 2.17. The highest BCUT2D eigenvalue weighted by atomic mass is 79.9. The SMILES string of the molecule is CC(N)c1cc(Br)ccc1SC1CCOCC1. The lowest BCUT2D eigenvalue weighted by molar-refractivity contribution is 0.1000. The third-order valence-electron chi connectivity index (χ3n) is 2.92. The highest BCUT2D eigenvalue weighted by Crippen LogP contribution is 2.35. The molecule has 17 heavy (non-hydrogen) atoms. The molecule has 1 aliphatic heterocycles. The maximum Gasteiger partial charge on any atom is 0.0476 e. The lowest BCUT2D eigenvalue weighted by Crippen LogP contribution is -2.18. The van der Waals surface area contributed by atoms with Gasteiger partial charge in [0.25, 0.3) is 0 Å². The van der Waals surface area contributed by atoms with Crippen molar-refractivity contribution in [3.63, 3.8) is 0 Å². The van der Waals surface area contributed by atoms with Crippen LogP contribution in [-0.2, 0) is 4.74 Å². The number of rotatable bonds is 3. The van der Waals surface area contributed by atoms with Gasteiger partial charge in [-0.2, -0.15) is 0 Å². The minimum atomic E-state index is 0.0786. The van der Waals surface area contributed by atoms with Crippen molar-refractivity contribution in [2.45, 2.75) is 36.0 Å². The van der Waals surface area contributed by atoms with E-state index in [4.69, 9.17) is 10.5 Å². The topological polar surface area (TPSA) is 35.2 Å². The van der Waals surface area contributed by atoms with E-state index in [9.17, 15) is 0 Å². The van der Waals surface area contributed by atoms with Gasteiger partial charge in [-0.05, 0) is 43.5 Å². The standard InChI is InChI=1S/C13H18BrNOS/c1-9(15)12-8-10(14)2-3-13(12)17-11-4-6-16-7-5-11/h2-3,8-9,11H,4-7,15H2,1H3. The second-order valence-electron chi connectivity index (χ2n) is 4.40. The summed E-state index contributed by atoms with van der Waals surface area (Å²) in [5.41, 5.74) is 7.26. The van der Waals surface area contributed by atoms with Crippen molar-refractivity contribution in [2.75, 3.05) is 13.2 Å². The summed E-state index contributed by atoms with van der Waals surface area (Å²) in [5, 5.41) is 0.669. The molecule has 0 aromatic heterocycles. The highest BCUT2D eigenvalue weighted by molar-refractivity contribution is 9.10. The van der Waals surface area contributed by atoms with Crippen LogP contribution in [0.2, 0.25) is 0 Å². The molecule has 1 heterocycles. The zero-order valence-corrected chi connectivity index (χ0v) is 12.4. The first kappa shape index (κ1) is 13.4. The molecule has 1 aromatic carbocycles. The van der Waals surface area contributed by atoms with Crippen LogP contribution in [0.4, 0.5) is 0 Å². The molecule has 0 spiro atoms. The first-order valence-electron chi connectivity index (χ1n) is 5.96. The van der Waals surface area contributed by atoms with Crippen molar-refractivity contribution in [2.24, 2.45) is 5.73 Å². The number of hydrogen-bond acceptors (Lipinski definition) is 3. The predicted octanol–water partition coefficient (Wildman–Crippen LogP) is 3.74. The van der Waals surface area contributed by atoms with Crippen LogP contribution >= 0.6 is 27.7 Å². The van der Waals surface area contributed by atoms with Gasteiger partial charge in [-0.25, -0.2) is 0 Å². The largest absolute Gasteiger partial charge is 0.381 e. The maximum atomic E-state index is 6.03. The molecule has 0 saturated carbocycles. The summed E-state index contributed by atoms with van der Waals surface area (Å²) in [6.07, 6.45) is 2.28. The fourth-order valence-corrected chi connectivity index (χ4v) is 3.65. The molecule has 2 rings (SSSR count). The Hall–Kier alpha value is -0.0300. The van der Waals surface area contributed by atoms with Gasteiger partial charge in [0.2, 0.25) is 0 Å². The van der Waals surface area contributed by atoms with Crippen LogP contribution in [0.15, 0.2) is 27.6 Å². The van der Waals surface area contributed by atoms with Gasteiger partial charge in [0, 0.05) is 33.9 Å². The van der Waals surface area contributed by atoms with E-state index in [1.54, 1.807) is 0 Å².